The van der Waals surface area contributed by atoms with Crippen molar-refractivity contribution in [2.75, 3.05) is 12.4 Å². The summed E-state index contributed by atoms with van der Waals surface area (Å²) in [5.41, 5.74) is -0.605. The average molecular weight is 438 g/mol. The number of tetrazole rings is 1. The van der Waals surface area contributed by atoms with Crippen LogP contribution in [0.25, 0.3) is 5.69 Å². The summed E-state index contributed by atoms with van der Waals surface area (Å²) in [6.45, 7) is 0. The van der Waals surface area contributed by atoms with Gasteiger partial charge in [-0.2, -0.15) is 8.42 Å². The number of rotatable bonds is 6. The van der Waals surface area contributed by atoms with Gasteiger partial charge in [0.2, 0.25) is 0 Å². The van der Waals surface area contributed by atoms with Crippen LogP contribution in [0, 0.1) is 10.1 Å². The van der Waals surface area contributed by atoms with E-state index in [2.05, 4.69) is 20.8 Å². The molecule has 0 saturated heterocycles. The third kappa shape index (κ3) is 4.37. The van der Waals surface area contributed by atoms with E-state index in [1.54, 1.807) is 30.3 Å². The first kappa shape index (κ1) is 22.3. The zero-order chi connectivity index (χ0) is 21.2. The summed E-state index contributed by atoms with van der Waals surface area (Å²) in [6, 6.07) is 9.98. The molecule has 0 bridgehead atoms. The van der Waals surface area contributed by atoms with Gasteiger partial charge < -0.3 is 15.5 Å². The van der Waals surface area contributed by atoms with Crippen molar-refractivity contribution in [3.63, 3.8) is 0 Å². The second kappa shape index (κ2) is 8.60. The first-order valence-electron chi connectivity index (χ1n) is 7.76. The molecule has 0 fully saturated rings. The smallest absolute Gasteiger partial charge is 0.395 e. The summed E-state index contributed by atoms with van der Waals surface area (Å²) in [5, 5.41) is 23.3. The number of anilines is 1. The molecular weight excluding hydrogens is 424 g/mol. The number of nitro benzene ring substituents is 1. The van der Waals surface area contributed by atoms with Crippen LogP contribution < -0.4 is 14.7 Å². The van der Waals surface area contributed by atoms with Gasteiger partial charge in [0.15, 0.2) is 21.5 Å². The van der Waals surface area contributed by atoms with E-state index in [0.29, 0.717) is 5.69 Å². The number of amides is 1. The third-order valence-electron chi connectivity index (χ3n) is 3.71. The van der Waals surface area contributed by atoms with Crippen LogP contribution in [0.2, 0.25) is 0 Å². The number of ether oxygens (including phenoxy) is 1. The number of benzene rings is 2. The van der Waals surface area contributed by atoms with Crippen molar-refractivity contribution >= 4 is 27.4 Å². The van der Waals surface area contributed by atoms with Crippen molar-refractivity contribution in [3.8, 4) is 11.4 Å². The van der Waals surface area contributed by atoms with Crippen LogP contribution in [0.15, 0.2) is 47.4 Å². The number of methoxy groups -OCH3 is 1. The topological polar surface area (TPSA) is 211 Å². The van der Waals surface area contributed by atoms with Crippen LogP contribution >= 0.6 is 0 Å². The molecule has 3 aromatic rings. The molecule has 158 valence electrons. The molecule has 1 heterocycles. The number of H-pyrrole nitrogens is 1. The largest absolute Gasteiger partial charge is 0.870 e. The number of hydrogen-bond donors (Lipinski definition) is 3. The summed E-state index contributed by atoms with van der Waals surface area (Å²) in [5.74, 6) is -1.19. The third-order valence-corrected chi connectivity index (χ3v) is 4.59. The lowest BCUT2D eigenvalue weighted by Gasteiger charge is -2.08. The predicted octanol–water partition coefficient (Wildman–Crippen LogP) is 0.320. The molecule has 0 unspecified atom stereocenters. The maximum atomic E-state index is 12.6. The SMILES string of the molecule is COc1cc([N+](=O)[O-])c(S(=O)(=O)O)cc1-[n+]1[nH]nnc1C(=O)Nc1ccccc1.[OH-]. The summed E-state index contributed by atoms with van der Waals surface area (Å²) in [7, 11) is -3.78. The first-order valence-corrected chi connectivity index (χ1v) is 9.20. The molecule has 15 heteroatoms. The number of carbonyl (C=O) groups excluding carboxylic acids is 1. The quantitative estimate of drug-likeness (QED) is 0.207. The molecule has 1 aromatic heterocycles. The molecular formula is C15H14N6O8S. The summed E-state index contributed by atoms with van der Waals surface area (Å²) >= 11 is 0. The molecule has 1 amide bonds. The fraction of sp³-hybridized carbons (Fsp3) is 0.0667. The number of aromatic amines is 1. The fourth-order valence-electron chi connectivity index (χ4n) is 2.46. The lowest BCUT2D eigenvalue weighted by Crippen LogP contribution is -2.41. The molecule has 0 aliphatic carbocycles. The number of para-hydroxylation sites is 1. The van der Waals surface area contributed by atoms with E-state index in [0.717, 1.165) is 16.8 Å². The zero-order valence-corrected chi connectivity index (χ0v) is 15.9. The Morgan fingerprint density at radius 3 is 2.53 bits per heavy atom. The Morgan fingerprint density at radius 1 is 1.30 bits per heavy atom. The zero-order valence-electron chi connectivity index (χ0n) is 15.1. The maximum absolute atomic E-state index is 12.6. The molecule has 3 rings (SSSR count). The van der Waals surface area contributed by atoms with Crippen molar-refractivity contribution in [3.05, 3.63) is 58.4 Å². The lowest BCUT2D eigenvalue weighted by atomic mass is 10.2. The number of carbonyl (C=O) groups is 1. The van der Waals surface area contributed by atoms with Gasteiger partial charge >= 0.3 is 21.8 Å². The molecule has 2 aromatic carbocycles. The summed E-state index contributed by atoms with van der Waals surface area (Å²) in [4.78, 5) is 21.8. The molecule has 4 N–H and O–H groups in total. The van der Waals surface area contributed by atoms with Gasteiger partial charge in [0, 0.05) is 11.8 Å². The second-order valence-electron chi connectivity index (χ2n) is 5.50. The summed E-state index contributed by atoms with van der Waals surface area (Å²) < 4.78 is 38.6. The van der Waals surface area contributed by atoms with Gasteiger partial charge in [0.05, 0.1) is 18.1 Å². The van der Waals surface area contributed by atoms with E-state index in [4.69, 9.17) is 4.74 Å². The normalized spacial score (nSPS) is 10.7. The highest BCUT2D eigenvalue weighted by atomic mass is 32.2. The van der Waals surface area contributed by atoms with E-state index >= 15 is 0 Å². The van der Waals surface area contributed by atoms with E-state index in [1.165, 1.54) is 7.11 Å². The number of nitro groups is 1. The molecule has 0 spiro atoms. The molecule has 30 heavy (non-hydrogen) atoms. The van der Waals surface area contributed by atoms with Crippen LogP contribution in [0.4, 0.5) is 11.4 Å². The predicted molar refractivity (Wildman–Crippen MR) is 97.3 cm³/mol. The Balaban J connectivity index is 0.00000320. The molecule has 0 aliphatic heterocycles. The van der Waals surface area contributed by atoms with E-state index in [-0.39, 0.29) is 22.7 Å². The highest BCUT2D eigenvalue weighted by molar-refractivity contribution is 7.86. The monoisotopic (exact) mass is 438 g/mol. The lowest BCUT2D eigenvalue weighted by molar-refractivity contribution is -0.662. The fourth-order valence-corrected chi connectivity index (χ4v) is 3.11. The highest BCUT2D eigenvalue weighted by Gasteiger charge is 2.33. The van der Waals surface area contributed by atoms with Gasteiger partial charge in [0.1, 0.15) is 5.10 Å². The highest BCUT2D eigenvalue weighted by Crippen LogP contribution is 2.32. The van der Waals surface area contributed by atoms with Crippen molar-refractivity contribution in [2.45, 2.75) is 4.90 Å². The van der Waals surface area contributed by atoms with Gasteiger partial charge in [-0.3, -0.25) is 19.5 Å². The molecule has 0 aliphatic rings. The van der Waals surface area contributed by atoms with E-state index in [9.17, 15) is 27.9 Å². The Hall–Kier alpha value is -3.95. The second-order valence-corrected chi connectivity index (χ2v) is 6.89. The number of aromatic nitrogens is 4. The van der Waals surface area contributed by atoms with Gasteiger partial charge in [-0.15, -0.1) is 4.68 Å². The minimum Gasteiger partial charge on any atom is -0.870 e. The maximum Gasteiger partial charge on any atom is 0.395 e. The van der Waals surface area contributed by atoms with Gasteiger partial charge in [-0.25, -0.2) is 0 Å². The summed E-state index contributed by atoms with van der Waals surface area (Å²) in [6.07, 6.45) is 0. The minimum absolute atomic E-state index is 0. The number of nitrogens with one attached hydrogen (secondary N) is 2. The van der Waals surface area contributed by atoms with E-state index in [1.807, 2.05) is 0 Å². The van der Waals surface area contributed by atoms with E-state index < -0.39 is 31.5 Å². The molecule has 0 saturated carbocycles. The minimum atomic E-state index is -4.96. The Labute approximate surface area is 168 Å². The van der Waals surface area contributed by atoms with Crippen molar-refractivity contribution in [1.82, 2.24) is 15.5 Å². The average Bonchev–Trinajstić information content (AvgIpc) is 3.16. The van der Waals surface area contributed by atoms with Crippen LogP contribution in [0.3, 0.4) is 0 Å². The first-order chi connectivity index (χ1) is 13.7. The van der Waals surface area contributed by atoms with Crippen LogP contribution in [-0.2, 0) is 10.1 Å². The Morgan fingerprint density at radius 2 is 1.97 bits per heavy atom. The van der Waals surface area contributed by atoms with Crippen molar-refractivity contribution < 1.29 is 37.6 Å². The number of hydrogen-bond acceptors (Lipinski definition) is 9. The number of nitrogens with zero attached hydrogens (tertiary/aromatic N) is 4. The Bertz CT molecular complexity index is 1200. The van der Waals surface area contributed by atoms with Crippen molar-refractivity contribution in [2.24, 2.45) is 0 Å². The molecule has 14 nitrogen and oxygen atoms in total. The van der Waals surface area contributed by atoms with Crippen molar-refractivity contribution in [1.29, 1.82) is 0 Å². The molecule has 0 atom stereocenters. The van der Waals surface area contributed by atoms with Crippen LogP contribution in [0.1, 0.15) is 10.6 Å². The van der Waals surface area contributed by atoms with Gasteiger partial charge in [0.25, 0.3) is 5.69 Å². The van der Waals surface area contributed by atoms with Crippen LogP contribution in [0.5, 0.6) is 5.75 Å². The van der Waals surface area contributed by atoms with Gasteiger partial charge in [-0.1, -0.05) is 23.4 Å². The van der Waals surface area contributed by atoms with Crippen LogP contribution in [-0.4, -0.2) is 51.9 Å². The standard InChI is InChI=1S/C15H12N6O7S.H2O/c1-28-12-7-11(21(23)24)13(29(25,26)27)8-10(12)20-14(17-18-19-20)15(22)16-9-5-3-2-4-6-9;/h2-8H,1H3,(H2,16,22,25,26,27);1H2. The molecule has 0 radical (unpaired) electrons. The Kier molecular flexibility index (Phi) is 6.40. The van der Waals surface area contributed by atoms with Gasteiger partial charge in [-0.05, 0) is 12.1 Å².